The molecular weight excluding hydrogens is 260 g/mol. The Hall–Kier alpha value is -1.88. The largest absolute Gasteiger partial charge is 0.469 e. The summed E-state index contributed by atoms with van der Waals surface area (Å²) < 4.78 is 4.63. The Bertz CT molecular complexity index is 561. The van der Waals surface area contributed by atoms with E-state index >= 15 is 0 Å². The predicted molar refractivity (Wildman–Crippen MR) is 77.6 cm³/mol. The SMILES string of the molecule is COC(=O)Cc1csc(-c2ccc(N(C)C)cc2)n1. The van der Waals surface area contributed by atoms with Gasteiger partial charge in [-0.2, -0.15) is 0 Å². The van der Waals surface area contributed by atoms with Crippen LogP contribution in [-0.2, 0) is 16.0 Å². The highest BCUT2D eigenvalue weighted by molar-refractivity contribution is 7.13. The minimum atomic E-state index is -0.264. The molecule has 1 aromatic heterocycles. The third-order valence-corrected chi connectivity index (χ3v) is 3.68. The second-order valence-electron chi connectivity index (χ2n) is 4.34. The van der Waals surface area contributed by atoms with Crippen molar-refractivity contribution < 1.29 is 9.53 Å². The second-order valence-corrected chi connectivity index (χ2v) is 5.20. The van der Waals surface area contributed by atoms with Crippen LogP contribution < -0.4 is 4.90 Å². The Morgan fingerprint density at radius 3 is 2.58 bits per heavy atom. The smallest absolute Gasteiger partial charge is 0.311 e. The van der Waals surface area contributed by atoms with E-state index in [0.29, 0.717) is 0 Å². The van der Waals surface area contributed by atoms with Crippen molar-refractivity contribution in [2.45, 2.75) is 6.42 Å². The summed E-state index contributed by atoms with van der Waals surface area (Å²) in [5, 5.41) is 2.82. The number of thiazole rings is 1. The van der Waals surface area contributed by atoms with Gasteiger partial charge in [0.1, 0.15) is 5.01 Å². The molecule has 0 saturated heterocycles. The van der Waals surface area contributed by atoms with Gasteiger partial charge in [-0.05, 0) is 24.3 Å². The molecule has 0 amide bonds. The molecule has 0 saturated carbocycles. The molecule has 0 atom stereocenters. The molecule has 0 fully saturated rings. The molecule has 2 rings (SSSR count). The summed E-state index contributed by atoms with van der Waals surface area (Å²) in [5.74, 6) is -0.264. The summed E-state index contributed by atoms with van der Waals surface area (Å²) in [4.78, 5) is 17.7. The van der Waals surface area contributed by atoms with E-state index in [4.69, 9.17) is 0 Å². The van der Waals surface area contributed by atoms with E-state index in [9.17, 15) is 4.79 Å². The van der Waals surface area contributed by atoms with Crippen molar-refractivity contribution in [3.63, 3.8) is 0 Å². The Labute approximate surface area is 116 Å². The van der Waals surface area contributed by atoms with Gasteiger partial charge in [-0.15, -0.1) is 11.3 Å². The monoisotopic (exact) mass is 276 g/mol. The molecule has 0 unspecified atom stereocenters. The summed E-state index contributed by atoms with van der Waals surface area (Å²) in [6.07, 6.45) is 0.225. The fourth-order valence-corrected chi connectivity index (χ4v) is 2.47. The first-order valence-corrected chi connectivity index (χ1v) is 6.77. The number of hydrogen-bond donors (Lipinski definition) is 0. The lowest BCUT2D eigenvalue weighted by Gasteiger charge is -2.11. The third-order valence-electron chi connectivity index (χ3n) is 2.74. The van der Waals surface area contributed by atoms with Crippen molar-refractivity contribution in [1.82, 2.24) is 4.98 Å². The van der Waals surface area contributed by atoms with Crippen molar-refractivity contribution in [2.24, 2.45) is 0 Å². The highest BCUT2D eigenvalue weighted by atomic mass is 32.1. The van der Waals surface area contributed by atoms with E-state index in [1.807, 2.05) is 36.5 Å². The van der Waals surface area contributed by atoms with Crippen molar-refractivity contribution in [2.75, 3.05) is 26.1 Å². The van der Waals surface area contributed by atoms with Crippen LogP contribution in [0, 0.1) is 0 Å². The number of carbonyl (C=O) groups excluding carboxylic acids is 1. The first-order valence-electron chi connectivity index (χ1n) is 5.89. The molecule has 0 N–H and O–H groups in total. The lowest BCUT2D eigenvalue weighted by atomic mass is 10.2. The number of benzene rings is 1. The summed E-state index contributed by atoms with van der Waals surface area (Å²) in [6, 6.07) is 8.18. The number of aromatic nitrogens is 1. The number of hydrogen-bond acceptors (Lipinski definition) is 5. The summed E-state index contributed by atoms with van der Waals surface area (Å²) >= 11 is 1.54. The first-order chi connectivity index (χ1) is 9.10. The van der Waals surface area contributed by atoms with E-state index in [-0.39, 0.29) is 12.4 Å². The molecule has 0 aliphatic heterocycles. The van der Waals surface area contributed by atoms with Gasteiger partial charge in [0.25, 0.3) is 0 Å². The zero-order valence-corrected chi connectivity index (χ0v) is 12.0. The number of anilines is 1. The van der Waals surface area contributed by atoms with Crippen molar-refractivity contribution in [3.05, 3.63) is 35.3 Å². The molecule has 0 radical (unpaired) electrons. The normalized spacial score (nSPS) is 10.3. The van der Waals surface area contributed by atoms with Gasteiger partial charge in [-0.1, -0.05) is 0 Å². The van der Waals surface area contributed by atoms with Crippen LogP contribution in [0.15, 0.2) is 29.6 Å². The fraction of sp³-hybridized carbons (Fsp3) is 0.286. The molecule has 2 aromatic rings. The van der Waals surface area contributed by atoms with Gasteiger partial charge in [0.15, 0.2) is 0 Å². The van der Waals surface area contributed by atoms with Gasteiger partial charge in [0.05, 0.1) is 19.2 Å². The topological polar surface area (TPSA) is 42.4 Å². The average Bonchev–Trinajstić information content (AvgIpc) is 2.87. The maximum Gasteiger partial charge on any atom is 0.311 e. The lowest BCUT2D eigenvalue weighted by molar-refractivity contribution is -0.139. The van der Waals surface area contributed by atoms with E-state index in [0.717, 1.165) is 22.0 Å². The van der Waals surface area contributed by atoms with Gasteiger partial charge in [-0.25, -0.2) is 4.98 Å². The van der Waals surface area contributed by atoms with Crippen molar-refractivity contribution >= 4 is 23.0 Å². The maximum absolute atomic E-state index is 11.2. The number of nitrogens with zero attached hydrogens (tertiary/aromatic N) is 2. The lowest BCUT2D eigenvalue weighted by Crippen LogP contribution is -2.07. The van der Waals surface area contributed by atoms with Crippen LogP contribution in [0.25, 0.3) is 10.6 Å². The second kappa shape index (κ2) is 5.84. The summed E-state index contributed by atoms with van der Waals surface area (Å²) in [7, 11) is 5.40. The Morgan fingerprint density at radius 2 is 2.00 bits per heavy atom. The molecule has 0 spiro atoms. The molecule has 5 heteroatoms. The van der Waals surface area contributed by atoms with E-state index < -0.39 is 0 Å². The van der Waals surface area contributed by atoms with Gasteiger partial charge in [-0.3, -0.25) is 4.79 Å². The Balaban J connectivity index is 2.16. The Morgan fingerprint density at radius 1 is 1.32 bits per heavy atom. The zero-order valence-electron chi connectivity index (χ0n) is 11.2. The molecule has 100 valence electrons. The Kier molecular flexibility index (Phi) is 4.16. The number of methoxy groups -OCH3 is 1. The van der Waals surface area contributed by atoms with Gasteiger partial charge in [0, 0.05) is 30.7 Å². The van der Waals surface area contributed by atoms with Crippen LogP contribution in [0.4, 0.5) is 5.69 Å². The van der Waals surface area contributed by atoms with Crippen LogP contribution in [0.1, 0.15) is 5.69 Å². The first kappa shape index (κ1) is 13.5. The molecule has 0 aliphatic rings. The summed E-state index contributed by atoms with van der Waals surface area (Å²) in [5.41, 5.74) is 2.96. The van der Waals surface area contributed by atoms with E-state index in [1.54, 1.807) is 0 Å². The number of carbonyl (C=O) groups is 1. The minimum absolute atomic E-state index is 0.225. The fourth-order valence-electron chi connectivity index (χ4n) is 1.64. The van der Waals surface area contributed by atoms with Gasteiger partial charge in [0.2, 0.25) is 0 Å². The van der Waals surface area contributed by atoms with Crippen LogP contribution >= 0.6 is 11.3 Å². The number of esters is 1. The third kappa shape index (κ3) is 3.32. The zero-order chi connectivity index (χ0) is 13.8. The highest BCUT2D eigenvalue weighted by Crippen LogP contribution is 2.25. The van der Waals surface area contributed by atoms with Crippen LogP contribution in [0.2, 0.25) is 0 Å². The van der Waals surface area contributed by atoms with Crippen molar-refractivity contribution in [1.29, 1.82) is 0 Å². The molecular formula is C14H16N2O2S. The van der Waals surface area contributed by atoms with Crippen LogP contribution in [0.3, 0.4) is 0 Å². The van der Waals surface area contributed by atoms with Crippen LogP contribution in [-0.4, -0.2) is 32.2 Å². The molecule has 4 nitrogen and oxygen atoms in total. The van der Waals surface area contributed by atoms with Crippen molar-refractivity contribution in [3.8, 4) is 10.6 Å². The molecule has 1 aromatic carbocycles. The summed E-state index contributed by atoms with van der Waals surface area (Å²) in [6.45, 7) is 0. The maximum atomic E-state index is 11.2. The van der Waals surface area contributed by atoms with Gasteiger partial charge < -0.3 is 9.64 Å². The standard InChI is InChI=1S/C14H16N2O2S/c1-16(2)12-6-4-10(5-7-12)14-15-11(9-19-14)8-13(17)18-3/h4-7,9H,8H2,1-3H3. The number of rotatable bonds is 4. The molecule has 0 bridgehead atoms. The molecule has 19 heavy (non-hydrogen) atoms. The van der Waals surface area contributed by atoms with E-state index in [2.05, 4.69) is 21.9 Å². The van der Waals surface area contributed by atoms with Gasteiger partial charge >= 0.3 is 5.97 Å². The molecule has 0 aliphatic carbocycles. The van der Waals surface area contributed by atoms with E-state index in [1.165, 1.54) is 18.4 Å². The average molecular weight is 276 g/mol. The van der Waals surface area contributed by atoms with Crippen LogP contribution in [0.5, 0.6) is 0 Å². The minimum Gasteiger partial charge on any atom is -0.469 e. The molecule has 1 heterocycles. The number of ether oxygens (including phenoxy) is 1. The quantitative estimate of drug-likeness (QED) is 0.805. The predicted octanol–water partition coefficient (Wildman–Crippen LogP) is 2.59. The highest BCUT2D eigenvalue weighted by Gasteiger charge is 2.09.